The molecular formula is C34H40N6O4. The Morgan fingerprint density at radius 3 is 2.55 bits per heavy atom. The van der Waals surface area contributed by atoms with E-state index in [9.17, 15) is 14.4 Å². The number of carbonyl (C=O) groups excluding carboxylic acids is 3. The molecule has 4 saturated carbocycles. The summed E-state index contributed by atoms with van der Waals surface area (Å²) in [5.41, 5.74) is 3.96. The van der Waals surface area contributed by atoms with E-state index in [1.54, 1.807) is 11.1 Å². The number of benzene rings is 2. The fourth-order valence-corrected chi connectivity index (χ4v) is 9.34. The molecule has 1 saturated heterocycles. The summed E-state index contributed by atoms with van der Waals surface area (Å²) in [4.78, 5) is 41.9. The number of aryl methyl sites for hydroxylation is 1. The van der Waals surface area contributed by atoms with Gasteiger partial charge in [-0.3, -0.25) is 15.2 Å². The summed E-state index contributed by atoms with van der Waals surface area (Å²) in [6.45, 7) is 2.86. The van der Waals surface area contributed by atoms with Gasteiger partial charge in [-0.1, -0.05) is 24.3 Å². The molecule has 10 nitrogen and oxygen atoms in total. The molecule has 1 unspecified atom stereocenters. The van der Waals surface area contributed by atoms with Crippen molar-refractivity contribution in [1.82, 2.24) is 25.7 Å². The summed E-state index contributed by atoms with van der Waals surface area (Å²) in [6.07, 6.45) is 8.92. The van der Waals surface area contributed by atoms with Gasteiger partial charge in [0.1, 0.15) is 11.6 Å². The first-order valence-corrected chi connectivity index (χ1v) is 16.2. The Kier molecular flexibility index (Phi) is 6.57. The second kappa shape index (κ2) is 10.5. The number of H-pyrrole nitrogens is 1. The Hall–Kier alpha value is -4.08. The fraction of sp³-hybridized carbons (Fsp3) is 0.529. The van der Waals surface area contributed by atoms with E-state index in [0.717, 1.165) is 45.1 Å². The van der Waals surface area contributed by atoms with Crippen LogP contribution in [0.2, 0.25) is 0 Å². The number of aromatic amines is 1. The summed E-state index contributed by atoms with van der Waals surface area (Å²) in [5, 5.41) is 17.6. The van der Waals surface area contributed by atoms with Crippen molar-refractivity contribution in [2.45, 2.75) is 76.0 Å². The normalized spacial score (nSPS) is 28.7. The van der Waals surface area contributed by atoms with Gasteiger partial charge in [-0.05, 0) is 86.0 Å². The third-order valence-corrected chi connectivity index (χ3v) is 11.2. The van der Waals surface area contributed by atoms with Crippen molar-refractivity contribution in [2.24, 2.45) is 23.7 Å². The molecule has 4 amide bonds. The highest BCUT2D eigenvalue weighted by Crippen LogP contribution is 2.53. The Bertz CT molecular complexity index is 1600. The number of para-hydroxylation sites is 1. The lowest BCUT2D eigenvalue weighted by molar-refractivity contribution is -0.127. The largest absolute Gasteiger partial charge is 0.438 e. The van der Waals surface area contributed by atoms with Crippen LogP contribution in [-0.4, -0.2) is 58.3 Å². The average Bonchev–Trinajstić information content (AvgIpc) is 3.48. The molecule has 4 bridgehead atoms. The molecular weight excluding hydrogens is 556 g/mol. The lowest BCUT2D eigenvalue weighted by Crippen LogP contribution is -2.60. The molecule has 44 heavy (non-hydrogen) atoms. The number of fused-ring (bicyclic) bond motifs is 3. The first kappa shape index (κ1) is 27.5. The number of nitrogens with zero attached hydrogens (tertiary/aromatic N) is 2. The van der Waals surface area contributed by atoms with Gasteiger partial charge < -0.3 is 20.3 Å². The Balaban J connectivity index is 0.999. The van der Waals surface area contributed by atoms with Crippen LogP contribution in [0.3, 0.4) is 0 Å². The number of hydrogen-bond acceptors (Lipinski definition) is 5. The zero-order valence-corrected chi connectivity index (χ0v) is 25.1. The predicted molar refractivity (Wildman–Crippen MR) is 165 cm³/mol. The number of urea groups is 1. The summed E-state index contributed by atoms with van der Waals surface area (Å²) >= 11 is 0. The highest BCUT2D eigenvalue weighted by Gasteiger charge is 2.49. The van der Waals surface area contributed by atoms with Crippen molar-refractivity contribution in [3.05, 3.63) is 59.3 Å². The number of hydrogen-bond donors (Lipinski definition) is 4. The van der Waals surface area contributed by atoms with Crippen molar-refractivity contribution in [1.29, 1.82) is 0 Å². The number of amides is 4. The van der Waals surface area contributed by atoms with Crippen LogP contribution in [0.1, 0.15) is 61.6 Å². The zero-order valence-electron chi connectivity index (χ0n) is 25.1. The van der Waals surface area contributed by atoms with Gasteiger partial charge in [-0.25, -0.2) is 9.59 Å². The van der Waals surface area contributed by atoms with E-state index in [-0.39, 0.29) is 18.0 Å². The van der Waals surface area contributed by atoms with Crippen molar-refractivity contribution < 1.29 is 19.1 Å². The van der Waals surface area contributed by atoms with Crippen LogP contribution in [0.25, 0.3) is 10.9 Å². The van der Waals surface area contributed by atoms with Crippen molar-refractivity contribution in [3.63, 3.8) is 0 Å². The summed E-state index contributed by atoms with van der Waals surface area (Å²) in [5.74, 6) is 2.63. The van der Waals surface area contributed by atoms with E-state index in [1.165, 1.54) is 32.1 Å². The number of anilines is 1. The third kappa shape index (κ3) is 4.79. The molecule has 6 aliphatic rings. The van der Waals surface area contributed by atoms with E-state index in [2.05, 4.69) is 38.3 Å². The van der Waals surface area contributed by atoms with E-state index in [4.69, 9.17) is 4.74 Å². The predicted octanol–water partition coefficient (Wildman–Crippen LogP) is 4.99. The van der Waals surface area contributed by atoms with Crippen LogP contribution in [0.15, 0.2) is 42.6 Å². The summed E-state index contributed by atoms with van der Waals surface area (Å²) in [7, 11) is 0. The van der Waals surface area contributed by atoms with Crippen LogP contribution in [0, 0.1) is 30.6 Å². The molecule has 1 spiro atoms. The monoisotopic (exact) mass is 596 g/mol. The van der Waals surface area contributed by atoms with Crippen molar-refractivity contribution in [3.8, 4) is 0 Å². The van der Waals surface area contributed by atoms with Crippen LogP contribution in [0.4, 0.5) is 15.3 Å². The van der Waals surface area contributed by atoms with Gasteiger partial charge >= 0.3 is 12.1 Å². The van der Waals surface area contributed by atoms with Gasteiger partial charge in [0.05, 0.1) is 17.4 Å². The second-order valence-corrected chi connectivity index (χ2v) is 14.0. The quantitative estimate of drug-likeness (QED) is 0.330. The average molecular weight is 597 g/mol. The number of rotatable bonds is 5. The first-order valence-electron chi connectivity index (χ1n) is 16.2. The summed E-state index contributed by atoms with van der Waals surface area (Å²) in [6, 6.07) is 11.0. The van der Waals surface area contributed by atoms with Crippen LogP contribution in [-0.2, 0) is 21.6 Å². The molecule has 230 valence electrons. The van der Waals surface area contributed by atoms with Gasteiger partial charge in [0.25, 0.3) is 0 Å². The number of aromatic nitrogens is 2. The lowest BCUT2D eigenvalue weighted by atomic mass is 9.54. The molecule has 1 aromatic heterocycles. The number of ether oxygens (including phenoxy) is 1. The number of piperidine rings is 1. The van der Waals surface area contributed by atoms with Crippen LogP contribution < -0.4 is 16.0 Å². The molecule has 5 fully saturated rings. The molecule has 2 aromatic carbocycles. The molecule has 4 N–H and O–H groups in total. The van der Waals surface area contributed by atoms with E-state index >= 15 is 0 Å². The lowest BCUT2D eigenvalue weighted by Gasteiger charge is -2.54. The molecule has 1 atom stereocenters. The molecule has 4 aliphatic carbocycles. The molecule has 3 heterocycles. The first-order chi connectivity index (χ1) is 21.3. The highest BCUT2D eigenvalue weighted by molar-refractivity contribution is 5.90. The number of carbonyl (C=O) groups is 3. The van der Waals surface area contributed by atoms with E-state index < -0.39 is 17.7 Å². The molecule has 0 radical (unpaired) electrons. The summed E-state index contributed by atoms with van der Waals surface area (Å²) < 4.78 is 5.86. The number of nitrogens with one attached hydrogen (secondary N) is 4. The van der Waals surface area contributed by atoms with Crippen molar-refractivity contribution >= 4 is 34.6 Å². The van der Waals surface area contributed by atoms with Crippen molar-refractivity contribution in [2.75, 3.05) is 18.4 Å². The SMILES string of the molecule is Cc1cc(CC(NC(=O)N2CCC3(CC2)OC(=O)Nc2ccccc23)C(=O)NC2C3CC4CC(C3)CC2C4)cc2cn[nH]c12. The van der Waals surface area contributed by atoms with E-state index in [1.807, 2.05) is 31.2 Å². The maximum atomic E-state index is 14.0. The Morgan fingerprint density at radius 2 is 1.80 bits per heavy atom. The van der Waals surface area contributed by atoms with Crippen LogP contribution in [0.5, 0.6) is 0 Å². The van der Waals surface area contributed by atoms with Gasteiger partial charge in [0.2, 0.25) is 5.91 Å². The van der Waals surface area contributed by atoms with Gasteiger partial charge in [0.15, 0.2) is 0 Å². The maximum Gasteiger partial charge on any atom is 0.412 e. The standard InChI is InChI=1S/C34H40N6O4/c1-19-10-20(16-25-18-35-39-29(19)25)17-28(31(41)38-30-23-12-21-11-22(14-23)15-24(30)13-21)36-32(42)40-8-6-34(7-9-40)26-4-2-3-5-27(26)37-33(43)44-34/h2-5,10,16,18,21-24,28,30H,6-9,11-15,17H2,1H3,(H,35,39)(H,36,42)(H,37,43)(H,38,41). The fourth-order valence-electron chi connectivity index (χ4n) is 9.34. The molecule has 9 rings (SSSR count). The maximum absolute atomic E-state index is 14.0. The number of likely N-dealkylation sites (tertiary alicyclic amines) is 1. The Morgan fingerprint density at radius 1 is 1.07 bits per heavy atom. The smallest absolute Gasteiger partial charge is 0.412 e. The third-order valence-electron chi connectivity index (χ3n) is 11.2. The van der Waals surface area contributed by atoms with Gasteiger partial charge in [-0.2, -0.15) is 5.10 Å². The van der Waals surface area contributed by atoms with Gasteiger partial charge in [0, 0.05) is 49.3 Å². The zero-order chi connectivity index (χ0) is 30.0. The highest BCUT2D eigenvalue weighted by atomic mass is 16.6. The van der Waals surface area contributed by atoms with Crippen LogP contribution >= 0.6 is 0 Å². The Labute approximate surface area is 256 Å². The minimum Gasteiger partial charge on any atom is -0.438 e. The molecule has 3 aromatic rings. The van der Waals surface area contributed by atoms with E-state index in [0.29, 0.717) is 44.2 Å². The van der Waals surface area contributed by atoms with Gasteiger partial charge in [-0.15, -0.1) is 0 Å². The topological polar surface area (TPSA) is 128 Å². The minimum atomic E-state index is -0.760. The molecule has 2 aliphatic heterocycles. The minimum absolute atomic E-state index is 0.101. The second-order valence-electron chi connectivity index (χ2n) is 14.0. The molecule has 10 heteroatoms.